The van der Waals surface area contributed by atoms with Gasteiger partial charge in [-0.1, -0.05) is 30.3 Å². The Hall–Kier alpha value is -1.87. The fourth-order valence-corrected chi connectivity index (χ4v) is 4.26. The summed E-state index contributed by atoms with van der Waals surface area (Å²) in [6.45, 7) is 3.37. The number of nitrogens with zero attached hydrogens (tertiary/aromatic N) is 1. The van der Waals surface area contributed by atoms with E-state index in [0.29, 0.717) is 17.9 Å². The van der Waals surface area contributed by atoms with Gasteiger partial charge in [0.15, 0.2) is 0 Å². The van der Waals surface area contributed by atoms with Gasteiger partial charge in [0.2, 0.25) is 0 Å². The molecule has 0 radical (unpaired) electrons. The van der Waals surface area contributed by atoms with Crippen LogP contribution in [0.1, 0.15) is 18.4 Å². The van der Waals surface area contributed by atoms with Crippen LogP contribution in [-0.4, -0.2) is 24.0 Å². The van der Waals surface area contributed by atoms with Gasteiger partial charge >= 0.3 is 0 Å². The van der Waals surface area contributed by atoms with Gasteiger partial charge in [0.05, 0.1) is 0 Å². The fourth-order valence-electron chi connectivity index (χ4n) is 4.26. The van der Waals surface area contributed by atoms with E-state index in [4.69, 9.17) is 0 Å². The van der Waals surface area contributed by atoms with Gasteiger partial charge in [-0.2, -0.15) is 0 Å². The van der Waals surface area contributed by atoms with Gasteiger partial charge in [0.25, 0.3) is 0 Å². The number of hydrogen-bond donors (Lipinski definition) is 1. The molecule has 1 saturated carbocycles. The van der Waals surface area contributed by atoms with Crippen LogP contribution in [-0.2, 0) is 6.54 Å². The summed E-state index contributed by atoms with van der Waals surface area (Å²) < 4.78 is 13.1. The molecule has 0 spiro atoms. The minimum Gasteiger partial charge on any atom is -0.382 e. The maximum atomic E-state index is 13.1. The summed E-state index contributed by atoms with van der Waals surface area (Å²) in [4.78, 5) is 2.60. The predicted octanol–water partition coefficient (Wildman–Crippen LogP) is 4.15. The summed E-state index contributed by atoms with van der Waals surface area (Å²) in [5, 5.41) is 3.66. The van der Waals surface area contributed by atoms with E-state index in [9.17, 15) is 4.39 Å². The summed E-state index contributed by atoms with van der Waals surface area (Å²) in [7, 11) is 0. The molecule has 4 rings (SSSR count). The van der Waals surface area contributed by atoms with Crippen LogP contribution < -0.4 is 5.32 Å². The number of benzene rings is 2. The Morgan fingerprint density at radius 1 is 0.913 bits per heavy atom. The molecule has 1 aliphatic carbocycles. The van der Waals surface area contributed by atoms with Crippen molar-refractivity contribution < 1.29 is 4.39 Å². The van der Waals surface area contributed by atoms with Crippen molar-refractivity contribution in [1.29, 1.82) is 0 Å². The smallest absolute Gasteiger partial charge is 0.123 e. The number of likely N-dealkylation sites (tertiary alicyclic amines) is 1. The lowest BCUT2D eigenvalue weighted by Crippen LogP contribution is -2.47. The first-order valence-corrected chi connectivity index (χ1v) is 8.56. The lowest BCUT2D eigenvalue weighted by molar-refractivity contribution is 0.148. The van der Waals surface area contributed by atoms with Crippen LogP contribution in [0.2, 0.25) is 0 Å². The average molecular weight is 310 g/mol. The Morgan fingerprint density at radius 3 is 2.22 bits per heavy atom. The van der Waals surface area contributed by atoms with Crippen molar-refractivity contribution in [3.05, 3.63) is 66.0 Å². The monoisotopic (exact) mass is 310 g/mol. The van der Waals surface area contributed by atoms with Crippen LogP contribution in [0.15, 0.2) is 54.6 Å². The Morgan fingerprint density at radius 2 is 1.57 bits per heavy atom. The van der Waals surface area contributed by atoms with E-state index in [1.54, 1.807) is 0 Å². The minimum atomic E-state index is -0.170. The van der Waals surface area contributed by atoms with E-state index < -0.39 is 0 Å². The molecule has 2 aromatic rings. The number of piperidine rings is 1. The third kappa shape index (κ3) is 3.25. The molecule has 1 heterocycles. The zero-order valence-corrected chi connectivity index (χ0v) is 13.3. The van der Waals surface area contributed by atoms with Crippen molar-refractivity contribution in [3.63, 3.8) is 0 Å². The van der Waals surface area contributed by atoms with Crippen LogP contribution >= 0.6 is 0 Å². The maximum Gasteiger partial charge on any atom is 0.123 e. The molecule has 3 heteroatoms. The molecule has 2 bridgehead atoms. The molecule has 2 aromatic carbocycles. The quantitative estimate of drug-likeness (QED) is 0.912. The van der Waals surface area contributed by atoms with Gasteiger partial charge in [-0.15, -0.1) is 0 Å². The first-order chi connectivity index (χ1) is 11.3. The number of halogens is 1. The van der Waals surface area contributed by atoms with Crippen molar-refractivity contribution in [1.82, 2.24) is 4.90 Å². The Balaban J connectivity index is 1.41. The van der Waals surface area contributed by atoms with Crippen LogP contribution in [0.3, 0.4) is 0 Å². The molecule has 1 N–H and O–H groups in total. The second-order valence-electron chi connectivity index (χ2n) is 6.95. The molecule has 23 heavy (non-hydrogen) atoms. The highest BCUT2D eigenvalue weighted by Crippen LogP contribution is 2.39. The molecular formula is C20H23FN2. The van der Waals surface area contributed by atoms with Gasteiger partial charge in [-0.25, -0.2) is 4.39 Å². The number of hydrogen-bond acceptors (Lipinski definition) is 2. The number of nitrogens with one attached hydrogen (secondary N) is 1. The molecule has 1 aliphatic heterocycles. The molecule has 120 valence electrons. The van der Waals surface area contributed by atoms with Gasteiger partial charge in [-0.3, -0.25) is 4.90 Å². The topological polar surface area (TPSA) is 15.3 Å². The average Bonchev–Trinajstić information content (AvgIpc) is 2.80. The lowest BCUT2D eigenvalue weighted by Gasteiger charge is -2.39. The van der Waals surface area contributed by atoms with Gasteiger partial charge in [0, 0.05) is 31.4 Å². The standard InChI is InChI=1S/C20H23FN2/c21-18-8-10-19(11-9-18)22-20-16-6-7-17(20)14-23(13-16)12-15-4-2-1-3-5-15/h1-5,8-11,16-17,20,22H,6-7,12-14H2. The Bertz CT molecular complexity index is 626. The highest BCUT2D eigenvalue weighted by atomic mass is 19.1. The molecule has 2 atom stereocenters. The Kier molecular flexibility index (Phi) is 4.04. The first kappa shape index (κ1) is 14.7. The minimum absolute atomic E-state index is 0.170. The highest BCUT2D eigenvalue weighted by molar-refractivity contribution is 5.44. The van der Waals surface area contributed by atoms with E-state index in [0.717, 1.165) is 25.3 Å². The van der Waals surface area contributed by atoms with E-state index in [1.165, 1.54) is 30.5 Å². The van der Waals surface area contributed by atoms with Crippen LogP contribution in [0.25, 0.3) is 0 Å². The van der Waals surface area contributed by atoms with E-state index in [-0.39, 0.29) is 5.82 Å². The van der Waals surface area contributed by atoms with Crippen molar-refractivity contribution in [2.24, 2.45) is 11.8 Å². The molecule has 2 nitrogen and oxygen atoms in total. The predicted molar refractivity (Wildman–Crippen MR) is 91.7 cm³/mol. The summed E-state index contributed by atoms with van der Waals surface area (Å²) >= 11 is 0. The molecule has 0 aromatic heterocycles. The van der Waals surface area contributed by atoms with Crippen molar-refractivity contribution in [2.75, 3.05) is 18.4 Å². The molecule has 2 unspecified atom stereocenters. The van der Waals surface area contributed by atoms with E-state index in [1.807, 2.05) is 12.1 Å². The van der Waals surface area contributed by atoms with Crippen molar-refractivity contribution in [3.8, 4) is 0 Å². The molecule has 0 amide bonds. The van der Waals surface area contributed by atoms with Crippen molar-refractivity contribution in [2.45, 2.75) is 25.4 Å². The highest BCUT2D eigenvalue weighted by Gasteiger charge is 2.41. The second-order valence-corrected chi connectivity index (χ2v) is 6.95. The molecule has 1 saturated heterocycles. The summed E-state index contributed by atoms with van der Waals surface area (Å²) in [5.74, 6) is 1.22. The Labute approximate surface area is 137 Å². The summed E-state index contributed by atoms with van der Waals surface area (Å²) in [5.41, 5.74) is 2.45. The first-order valence-electron chi connectivity index (χ1n) is 8.56. The third-order valence-electron chi connectivity index (χ3n) is 5.34. The SMILES string of the molecule is Fc1ccc(NC2C3CCC2CN(Cc2ccccc2)C3)cc1. The number of fused-ring (bicyclic) bond motifs is 2. The molecule has 2 aliphatic rings. The third-order valence-corrected chi connectivity index (χ3v) is 5.34. The molecular weight excluding hydrogens is 287 g/mol. The maximum absolute atomic E-state index is 13.1. The summed E-state index contributed by atoms with van der Waals surface area (Å²) in [6.07, 6.45) is 2.60. The fraction of sp³-hybridized carbons (Fsp3) is 0.400. The normalized spacial score (nSPS) is 27.1. The number of rotatable bonds is 4. The molecule has 2 fully saturated rings. The zero-order chi connectivity index (χ0) is 15.6. The van der Waals surface area contributed by atoms with E-state index >= 15 is 0 Å². The van der Waals surface area contributed by atoms with Crippen LogP contribution in [0.5, 0.6) is 0 Å². The van der Waals surface area contributed by atoms with E-state index in [2.05, 4.69) is 40.5 Å². The lowest BCUT2D eigenvalue weighted by atomic mass is 9.91. The van der Waals surface area contributed by atoms with Crippen LogP contribution in [0, 0.1) is 17.7 Å². The van der Waals surface area contributed by atoms with Gasteiger partial charge in [-0.05, 0) is 54.5 Å². The second kappa shape index (κ2) is 6.32. The zero-order valence-electron chi connectivity index (χ0n) is 13.3. The summed E-state index contributed by atoms with van der Waals surface area (Å²) in [6, 6.07) is 18.0. The largest absolute Gasteiger partial charge is 0.382 e. The van der Waals surface area contributed by atoms with Gasteiger partial charge < -0.3 is 5.32 Å². The van der Waals surface area contributed by atoms with Crippen LogP contribution in [0.4, 0.5) is 10.1 Å². The van der Waals surface area contributed by atoms with Gasteiger partial charge in [0.1, 0.15) is 5.82 Å². The number of anilines is 1. The van der Waals surface area contributed by atoms with Crippen molar-refractivity contribution >= 4 is 5.69 Å².